The maximum Gasteiger partial charge on any atom is 0.254 e. The van der Waals surface area contributed by atoms with Gasteiger partial charge in [-0.15, -0.1) is 0 Å². The quantitative estimate of drug-likeness (QED) is 0.348. The fourth-order valence-corrected chi connectivity index (χ4v) is 5.35. The fourth-order valence-electron chi connectivity index (χ4n) is 5.35. The summed E-state index contributed by atoms with van der Waals surface area (Å²) in [6, 6.07) is 9.30. The summed E-state index contributed by atoms with van der Waals surface area (Å²) < 4.78 is 9.28. The first-order valence-corrected chi connectivity index (χ1v) is 13.4. The average Bonchev–Trinajstić information content (AvgIpc) is 3.34. The number of fused-ring (bicyclic) bond motifs is 1. The van der Waals surface area contributed by atoms with Crippen molar-refractivity contribution in [2.45, 2.75) is 46.7 Å². The molecule has 1 aliphatic heterocycles. The summed E-state index contributed by atoms with van der Waals surface area (Å²) in [5.41, 5.74) is 6.33. The Hall–Kier alpha value is -4.71. The van der Waals surface area contributed by atoms with E-state index in [0.717, 1.165) is 33.6 Å². The van der Waals surface area contributed by atoms with Crippen molar-refractivity contribution in [1.82, 2.24) is 24.0 Å². The van der Waals surface area contributed by atoms with E-state index in [2.05, 4.69) is 22.1 Å². The van der Waals surface area contributed by atoms with Crippen molar-refractivity contribution in [3.8, 4) is 22.9 Å². The lowest BCUT2D eigenvalue weighted by molar-refractivity contribution is 0.0669. The highest BCUT2D eigenvalue weighted by atomic mass is 16.5. The first kappa shape index (κ1) is 26.9. The zero-order chi connectivity index (χ0) is 28.6. The molecule has 4 heterocycles. The Morgan fingerprint density at radius 1 is 1.10 bits per heavy atom. The van der Waals surface area contributed by atoms with Gasteiger partial charge in [0.1, 0.15) is 23.2 Å². The zero-order valence-electron chi connectivity index (χ0n) is 23.4. The maximum absolute atomic E-state index is 14.1. The minimum Gasteiger partial charge on any atom is -0.492 e. The van der Waals surface area contributed by atoms with Crippen LogP contribution in [0.5, 0.6) is 5.75 Å². The van der Waals surface area contributed by atoms with Crippen molar-refractivity contribution in [3.05, 3.63) is 98.7 Å². The number of imidazole rings is 1. The number of benzene rings is 1. The van der Waals surface area contributed by atoms with E-state index in [1.807, 2.05) is 55.6 Å². The van der Waals surface area contributed by atoms with E-state index in [-0.39, 0.29) is 17.5 Å². The van der Waals surface area contributed by atoms with E-state index in [9.17, 15) is 14.9 Å². The monoisotopic (exact) mass is 536 g/mol. The SMILES string of the molecule is CCOc1cc([C@H](C)N2CCc3c(cc(Cn4ccnc4C)cc3-c3cn(C)c(=O)cc3C)C2=O)ncc1C#N. The normalized spacial score (nSPS) is 13.6. The lowest BCUT2D eigenvalue weighted by Crippen LogP contribution is -2.40. The van der Waals surface area contributed by atoms with Gasteiger partial charge in [0.25, 0.3) is 11.5 Å². The third-order valence-corrected chi connectivity index (χ3v) is 7.61. The van der Waals surface area contributed by atoms with Gasteiger partial charge in [0.2, 0.25) is 0 Å². The van der Waals surface area contributed by atoms with Crippen molar-refractivity contribution >= 4 is 5.91 Å². The van der Waals surface area contributed by atoms with Crippen molar-refractivity contribution < 1.29 is 9.53 Å². The first-order valence-electron chi connectivity index (χ1n) is 13.4. The molecule has 3 aromatic heterocycles. The molecule has 9 heteroatoms. The maximum atomic E-state index is 14.1. The number of ether oxygens (including phenoxy) is 1. The number of aryl methyl sites for hydroxylation is 3. The van der Waals surface area contributed by atoms with Crippen molar-refractivity contribution in [1.29, 1.82) is 5.26 Å². The topological polar surface area (TPSA) is 106 Å². The minimum atomic E-state index is -0.324. The Labute approximate surface area is 233 Å². The molecule has 5 rings (SSSR count). The second-order valence-electron chi connectivity index (χ2n) is 10.2. The molecule has 0 bridgehead atoms. The Morgan fingerprint density at radius 2 is 1.88 bits per heavy atom. The lowest BCUT2D eigenvalue weighted by atomic mass is 9.86. The van der Waals surface area contributed by atoms with Gasteiger partial charge in [-0.3, -0.25) is 14.6 Å². The molecular formula is C31H32N6O3. The lowest BCUT2D eigenvalue weighted by Gasteiger charge is -2.35. The van der Waals surface area contributed by atoms with Crippen LogP contribution in [0.3, 0.4) is 0 Å². The van der Waals surface area contributed by atoms with Crippen LogP contribution in [-0.4, -0.2) is 43.1 Å². The summed E-state index contributed by atoms with van der Waals surface area (Å²) in [4.78, 5) is 37.1. The van der Waals surface area contributed by atoms with Crippen molar-refractivity contribution in [2.75, 3.05) is 13.2 Å². The molecule has 1 atom stereocenters. The van der Waals surface area contributed by atoms with Gasteiger partial charge in [-0.05, 0) is 68.5 Å². The summed E-state index contributed by atoms with van der Waals surface area (Å²) >= 11 is 0. The van der Waals surface area contributed by atoms with Gasteiger partial charge >= 0.3 is 0 Å². The van der Waals surface area contributed by atoms with E-state index in [1.54, 1.807) is 29.9 Å². The Balaban J connectivity index is 1.59. The van der Waals surface area contributed by atoms with E-state index in [1.165, 1.54) is 6.20 Å². The number of rotatable bonds is 7. The molecule has 0 fully saturated rings. The molecule has 0 saturated heterocycles. The summed E-state index contributed by atoms with van der Waals surface area (Å²) in [7, 11) is 1.74. The van der Waals surface area contributed by atoms with Gasteiger partial charge in [0, 0.05) is 68.2 Å². The van der Waals surface area contributed by atoms with Gasteiger partial charge in [0.05, 0.1) is 18.3 Å². The van der Waals surface area contributed by atoms with Gasteiger partial charge in [-0.25, -0.2) is 4.98 Å². The third-order valence-electron chi connectivity index (χ3n) is 7.61. The average molecular weight is 537 g/mol. The standard InChI is InChI=1S/C31H32N6O3/c1-6-40-29-14-28(34-16-23(29)15-32)20(3)37-9-7-24-25(27-18-35(5)30(38)11-19(27)2)12-22(13-26(24)31(37)39)17-36-10-8-33-21(36)4/h8,10-14,16,18,20H,6-7,9,17H2,1-5H3/t20-/m0/s1. The van der Waals surface area contributed by atoms with Crippen LogP contribution in [0.4, 0.5) is 0 Å². The predicted octanol–water partition coefficient (Wildman–Crippen LogP) is 4.34. The molecular weight excluding hydrogens is 504 g/mol. The number of carbonyl (C=O) groups excluding carboxylic acids is 1. The van der Waals surface area contributed by atoms with Crippen LogP contribution in [0.25, 0.3) is 11.1 Å². The van der Waals surface area contributed by atoms with E-state index < -0.39 is 0 Å². The molecule has 0 unspecified atom stereocenters. The van der Waals surface area contributed by atoms with Crippen molar-refractivity contribution in [2.24, 2.45) is 7.05 Å². The smallest absolute Gasteiger partial charge is 0.254 e. The van der Waals surface area contributed by atoms with Crippen LogP contribution in [0.2, 0.25) is 0 Å². The molecule has 0 N–H and O–H groups in total. The molecule has 0 spiro atoms. The second kappa shape index (κ2) is 10.8. The first-order chi connectivity index (χ1) is 19.2. The molecule has 4 aromatic rings. The summed E-state index contributed by atoms with van der Waals surface area (Å²) in [5.74, 6) is 1.28. The number of carbonyl (C=O) groups is 1. The number of pyridine rings is 2. The Morgan fingerprint density at radius 3 is 2.58 bits per heavy atom. The summed E-state index contributed by atoms with van der Waals surface area (Å²) in [6.07, 6.45) is 7.71. The molecule has 204 valence electrons. The van der Waals surface area contributed by atoms with Gasteiger partial charge in [-0.1, -0.05) is 0 Å². The van der Waals surface area contributed by atoms with Crippen LogP contribution in [0, 0.1) is 25.2 Å². The molecule has 1 aliphatic rings. The highest BCUT2D eigenvalue weighted by Crippen LogP contribution is 2.36. The molecule has 0 radical (unpaired) electrons. The van der Waals surface area contributed by atoms with E-state index in [4.69, 9.17) is 4.74 Å². The number of nitrogens with zero attached hydrogens (tertiary/aromatic N) is 6. The fraction of sp³-hybridized carbons (Fsp3) is 0.323. The Kier molecular flexibility index (Phi) is 7.26. The summed E-state index contributed by atoms with van der Waals surface area (Å²) in [5, 5.41) is 9.42. The molecule has 9 nitrogen and oxygen atoms in total. The zero-order valence-corrected chi connectivity index (χ0v) is 23.4. The number of hydrogen-bond acceptors (Lipinski definition) is 6. The molecule has 1 amide bonds. The summed E-state index contributed by atoms with van der Waals surface area (Å²) in [6.45, 7) is 9.19. The largest absolute Gasteiger partial charge is 0.492 e. The van der Waals surface area contributed by atoms with Crippen LogP contribution in [0.15, 0.2) is 53.8 Å². The van der Waals surface area contributed by atoms with Gasteiger partial charge in [-0.2, -0.15) is 5.26 Å². The molecule has 0 saturated carbocycles. The van der Waals surface area contributed by atoms with E-state index in [0.29, 0.717) is 48.7 Å². The number of amides is 1. The predicted molar refractivity (Wildman–Crippen MR) is 151 cm³/mol. The number of hydrogen-bond donors (Lipinski definition) is 0. The number of nitriles is 1. The van der Waals surface area contributed by atoms with Crippen LogP contribution in [-0.2, 0) is 20.0 Å². The molecule has 0 aliphatic carbocycles. The van der Waals surface area contributed by atoms with E-state index >= 15 is 0 Å². The highest BCUT2D eigenvalue weighted by Gasteiger charge is 2.32. The van der Waals surface area contributed by atoms with Crippen LogP contribution in [0.1, 0.15) is 64.0 Å². The second-order valence-corrected chi connectivity index (χ2v) is 10.2. The van der Waals surface area contributed by atoms with Gasteiger partial charge < -0.3 is 18.8 Å². The number of aromatic nitrogens is 4. The third kappa shape index (κ3) is 4.89. The van der Waals surface area contributed by atoms with Crippen LogP contribution < -0.4 is 10.3 Å². The van der Waals surface area contributed by atoms with Crippen LogP contribution >= 0.6 is 0 Å². The minimum absolute atomic E-state index is 0.0715. The molecule has 1 aromatic carbocycles. The molecule has 40 heavy (non-hydrogen) atoms. The highest BCUT2D eigenvalue weighted by molar-refractivity contribution is 5.99. The Bertz CT molecular complexity index is 1710. The van der Waals surface area contributed by atoms with Crippen molar-refractivity contribution in [3.63, 3.8) is 0 Å². The van der Waals surface area contributed by atoms with Gasteiger partial charge in [0.15, 0.2) is 0 Å².